The van der Waals surface area contributed by atoms with E-state index in [9.17, 15) is 4.79 Å². The molecule has 1 saturated heterocycles. The van der Waals surface area contributed by atoms with Gasteiger partial charge < -0.3 is 10.1 Å². The number of carbonyl (C=O) groups is 1. The average molecular weight is 251 g/mol. The Balaban J connectivity index is 1.72. The van der Waals surface area contributed by atoms with Gasteiger partial charge in [-0.1, -0.05) is 12.8 Å². The molecule has 18 heavy (non-hydrogen) atoms. The fraction of sp³-hybridized carbons (Fsp3) is 0.933. The zero-order chi connectivity index (χ0) is 12.6. The van der Waals surface area contributed by atoms with Crippen molar-refractivity contribution in [3.05, 3.63) is 0 Å². The molecule has 2 saturated carbocycles. The normalized spacial score (nSPS) is 40.1. The van der Waals surface area contributed by atoms with E-state index < -0.39 is 0 Å². The molecular weight excluding hydrogens is 226 g/mol. The predicted molar refractivity (Wildman–Crippen MR) is 70.1 cm³/mol. The maximum atomic E-state index is 12.1. The van der Waals surface area contributed by atoms with E-state index in [1.54, 1.807) is 0 Å². The van der Waals surface area contributed by atoms with Crippen LogP contribution in [0.4, 0.5) is 0 Å². The van der Waals surface area contributed by atoms with E-state index in [1.807, 2.05) is 6.92 Å². The Bertz CT molecular complexity index is 326. The van der Waals surface area contributed by atoms with Crippen LogP contribution in [0.3, 0.4) is 0 Å². The summed E-state index contributed by atoms with van der Waals surface area (Å²) in [4.78, 5) is 12.1. The van der Waals surface area contributed by atoms with E-state index in [-0.39, 0.29) is 17.3 Å². The maximum Gasteiger partial charge on any atom is 0.310 e. The maximum absolute atomic E-state index is 12.1. The minimum absolute atomic E-state index is 0.0407. The molecule has 3 rings (SSSR count). The number of hydrogen-bond donors (Lipinski definition) is 1. The van der Waals surface area contributed by atoms with Gasteiger partial charge >= 0.3 is 5.97 Å². The van der Waals surface area contributed by atoms with Gasteiger partial charge in [0.25, 0.3) is 0 Å². The summed E-state index contributed by atoms with van der Waals surface area (Å²) in [7, 11) is 0. The lowest BCUT2D eigenvalue weighted by atomic mass is 9.63. The topological polar surface area (TPSA) is 38.3 Å². The average Bonchev–Trinajstić information content (AvgIpc) is 3.14. The van der Waals surface area contributed by atoms with Gasteiger partial charge in [0, 0.05) is 13.1 Å². The van der Waals surface area contributed by atoms with Crippen molar-refractivity contribution in [2.45, 2.75) is 45.4 Å². The summed E-state index contributed by atoms with van der Waals surface area (Å²) < 4.78 is 5.29. The lowest BCUT2D eigenvalue weighted by molar-refractivity contribution is -0.152. The van der Waals surface area contributed by atoms with E-state index in [1.165, 1.54) is 38.5 Å². The van der Waals surface area contributed by atoms with Gasteiger partial charge in [0.2, 0.25) is 0 Å². The minimum Gasteiger partial charge on any atom is -0.466 e. The quantitative estimate of drug-likeness (QED) is 0.783. The third-order valence-electron chi connectivity index (χ3n) is 5.34. The van der Waals surface area contributed by atoms with Gasteiger partial charge in [-0.25, -0.2) is 0 Å². The Kier molecular flexibility index (Phi) is 3.35. The van der Waals surface area contributed by atoms with Crippen molar-refractivity contribution in [3.8, 4) is 0 Å². The summed E-state index contributed by atoms with van der Waals surface area (Å²) >= 11 is 0. The molecule has 1 spiro atoms. The molecule has 3 unspecified atom stereocenters. The van der Waals surface area contributed by atoms with Gasteiger partial charge in [0.05, 0.1) is 12.5 Å². The highest BCUT2D eigenvalue weighted by Crippen LogP contribution is 2.53. The van der Waals surface area contributed by atoms with Crippen molar-refractivity contribution >= 4 is 5.97 Å². The molecule has 102 valence electrons. The summed E-state index contributed by atoms with van der Waals surface area (Å²) in [5, 5.41) is 3.45. The summed E-state index contributed by atoms with van der Waals surface area (Å²) in [5.74, 6) is 2.01. The van der Waals surface area contributed by atoms with Crippen LogP contribution in [0, 0.1) is 23.2 Å². The summed E-state index contributed by atoms with van der Waals surface area (Å²) in [6.07, 6.45) is 8.03. The van der Waals surface area contributed by atoms with E-state index in [4.69, 9.17) is 4.74 Å². The van der Waals surface area contributed by atoms with Crippen molar-refractivity contribution in [3.63, 3.8) is 0 Å². The van der Waals surface area contributed by atoms with Crippen LogP contribution < -0.4 is 5.32 Å². The van der Waals surface area contributed by atoms with Crippen LogP contribution in [0.2, 0.25) is 0 Å². The zero-order valence-corrected chi connectivity index (χ0v) is 11.4. The smallest absolute Gasteiger partial charge is 0.310 e. The first-order valence-electron chi connectivity index (χ1n) is 7.62. The molecule has 3 heteroatoms. The number of esters is 1. The number of ether oxygens (including phenoxy) is 1. The molecule has 1 N–H and O–H groups in total. The molecule has 1 aliphatic heterocycles. The first kappa shape index (κ1) is 12.5. The Hall–Kier alpha value is -0.570. The SMILES string of the molecule is CCOC(=O)C1CNCC12CCCC(C1CC1)C2. The monoisotopic (exact) mass is 251 g/mol. The summed E-state index contributed by atoms with van der Waals surface area (Å²) in [6, 6.07) is 0. The summed E-state index contributed by atoms with van der Waals surface area (Å²) in [5.41, 5.74) is 0.220. The molecule has 0 bridgehead atoms. The van der Waals surface area contributed by atoms with Gasteiger partial charge in [0.15, 0.2) is 0 Å². The number of rotatable bonds is 3. The van der Waals surface area contributed by atoms with Gasteiger partial charge in [-0.2, -0.15) is 0 Å². The van der Waals surface area contributed by atoms with Crippen LogP contribution in [0.5, 0.6) is 0 Å². The van der Waals surface area contributed by atoms with Crippen LogP contribution in [0.25, 0.3) is 0 Å². The van der Waals surface area contributed by atoms with E-state index in [0.717, 1.165) is 24.9 Å². The molecule has 3 atom stereocenters. The Labute approximate surface area is 110 Å². The molecule has 3 aliphatic rings. The fourth-order valence-electron chi connectivity index (χ4n) is 4.27. The van der Waals surface area contributed by atoms with Crippen LogP contribution in [0.1, 0.15) is 45.4 Å². The highest BCUT2D eigenvalue weighted by molar-refractivity contribution is 5.74. The molecule has 0 aromatic rings. The number of nitrogens with one attached hydrogen (secondary N) is 1. The molecular formula is C15H25NO2. The van der Waals surface area contributed by atoms with Crippen LogP contribution >= 0.6 is 0 Å². The van der Waals surface area contributed by atoms with Crippen LogP contribution in [0.15, 0.2) is 0 Å². The Morgan fingerprint density at radius 1 is 1.33 bits per heavy atom. The molecule has 2 aliphatic carbocycles. The van der Waals surface area contributed by atoms with Gasteiger partial charge in [-0.3, -0.25) is 4.79 Å². The van der Waals surface area contributed by atoms with Gasteiger partial charge in [-0.15, -0.1) is 0 Å². The standard InChI is InChI=1S/C15H25NO2/c1-2-18-14(17)13-9-16-10-15(13)7-3-4-12(8-15)11-5-6-11/h11-13,16H,2-10H2,1H3. The molecule has 0 amide bonds. The van der Waals surface area contributed by atoms with Gasteiger partial charge in [-0.05, 0) is 49.9 Å². The molecule has 0 aromatic carbocycles. The van der Waals surface area contributed by atoms with Crippen molar-refractivity contribution in [1.82, 2.24) is 5.32 Å². The number of hydrogen-bond acceptors (Lipinski definition) is 3. The summed E-state index contributed by atoms with van der Waals surface area (Å²) in [6.45, 7) is 4.27. The predicted octanol–water partition coefficient (Wildman–Crippen LogP) is 2.36. The molecule has 0 aromatic heterocycles. The van der Waals surface area contributed by atoms with E-state index in [0.29, 0.717) is 6.61 Å². The molecule has 3 fully saturated rings. The highest BCUT2D eigenvalue weighted by atomic mass is 16.5. The van der Waals surface area contributed by atoms with Gasteiger partial charge in [0.1, 0.15) is 0 Å². The second kappa shape index (κ2) is 4.84. The minimum atomic E-state index is 0.0407. The second-order valence-electron chi connectivity index (χ2n) is 6.49. The lowest BCUT2D eigenvalue weighted by Gasteiger charge is -2.41. The van der Waals surface area contributed by atoms with E-state index in [2.05, 4.69) is 5.32 Å². The molecule has 0 radical (unpaired) electrons. The van der Waals surface area contributed by atoms with Crippen molar-refractivity contribution in [2.24, 2.45) is 23.2 Å². The fourth-order valence-corrected chi connectivity index (χ4v) is 4.27. The van der Waals surface area contributed by atoms with Crippen LogP contribution in [-0.4, -0.2) is 25.7 Å². The molecule has 1 heterocycles. The third-order valence-corrected chi connectivity index (χ3v) is 5.34. The van der Waals surface area contributed by atoms with Crippen molar-refractivity contribution in [2.75, 3.05) is 19.7 Å². The van der Waals surface area contributed by atoms with Crippen molar-refractivity contribution in [1.29, 1.82) is 0 Å². The third kappa shape index (κ3) is 2.18. The Morgan fingerprint density at radius 2 is 2.17 bits per heavy atom. The van der Waals surface area contributed by atoms with E-state index >= 15 is 0 Å². The zero-order valence-electron chi connectivity index (χ0n) is 11.4. The lowest BCUT2D eigenvalue weighted by Crippen LogP contribution is -2.40. The first-order valence-corrected chi connectivity index (χ1v) is 7.62. The van der Waals surface area contributed by atoms with Crippen molar-refractivity contribution < 1.29 is 9.53 Å². The largest absolute Gasteiger partial charge is 0.466 e. The van der Waals surface area contributed by atoms with Crippen LogP contribution in [-0.2, 0) is 9.53 Å². The first-order chi connectivity index (χ1) is 8.75. The number of carbonyl (C=O) groups excluding carboxylic acids is 1. The highest BCUT2D eigenvalue weighted by Gasteiger charge is 2.51. The molecule has 3 nitrogen and oxygen atoms in total. The second-order valence-corrected chi connectivity index (χ2v) is 6.49. The Morgan fingerprint density at radius 3 is 2.89 bits per heavy atom.